The highest BCUT2D eigenvalue weighted by Crippen LogP contribution is 2.33. The molecule has 3 aromatic rings. The second-order valence-electron chi connectivity index (χ2n) is 8.22. The molecule has 1 aromatic heterocycles. The summed E-state index contributed by atoms with van der Waals surface area (Å²) in [6.45, 7) is 1.43. The fourth-order valence-electron chi connectivity index (χ4n) is 3.63. The van der Waals surface area contributed by atoms with E-state index in [-0.39, 0.29) is 42.0 Å². The Kier molecular flexibility index (Phi) is 7.76. The Bertz CT molecular complexity index is 1410. The van der Waals surface area contributed by atoms with E-state index < -0.39 is 17.9 Å². The van der Waals surface area contributed by atoms with Gasteiger partial charge in [0, 0.05) is 11.3 Å². The Morgan fingerprint density at radius 1 is 1.05 bits per heavy atom. The minimum absolute atomic E-state index is 0.0167. The number of nitrogens with zero attached hydrogens (tertiary/aromatic N) is 1. The van der Waals surface area contributed by atoms with Crippen LogP contribution in [0.3, 0.4) is 0 Å². The smallest absolute Gasteiger partial charge is 0.373 e. The van der Waals surface area contributed by atoms with Crippen molar-refractivity contribution in [2.45, 2.75) is 13.5 Å². The number of esters is 1. The van der Waals surface area contributed by atoms with Crippen LogP contribution in [0.2, 0.25) is 0 Å². The molecule has 2 N–H and O–H groups in total. The van der Waals surface area contributed by atoms with E-state index in [9.17, 15) is 19.2 Å². The molecule has 0 unspecified atom stereocenters. The van der Waals surface area contributed by atoms with Crippen molar-refractivity contribution in [2.24, 2.45) is 0 Å². The highest BCUT2D eigenvalue weighted by atomic mass is 16.5. The van der Waals surface area contributed by atoms with E-state index in [2.05, 4.69) is 15.4 Å². The molecule has 0 aliphatic carbocycles. The average molecular weight is 520 g/mol. The van der Waals surface area contributed by atoms with Crippen LogP contribution >= 0.6 is 0 Å². The Balaban J connectivity index is 1.49. The maximum Gasteiger partial charge on any atom is 0.373 e. The van der Waals surface area contributed by atoms with Gasteiger partial charge >= 0.3 is 12.0 Å². The molecule has 0 saturated carbocycles. The van der Waals surface area contributed by atoms with Crippen LogP contribution in [0.5, 0.6) is 11.5 Å². The van der Waals surface area contributed by atoms with Gasteiger partial charge in [0.2, 0.25) is 5.76 Å². The van der Waals surface area contributed by atoms with Crippen LogP contribution in [0.4, 0.5) is 10.5 Å². The molecule has 0 bridgehead atoms. The number of nitrogens with one attached hydrogen (secondary N) is 2. The van der Waals surface area contributed by atoms with E-state index in [1.807, 2.05) is 19.1 Å². The third kappa shape index (κ3) is 5.84. The second kappa shape index (κ2) is 11.3. The zero-order valence-corrected chi connectivity index (χ0v) is 20.9. The van der Waals surface area contributed by atoms with Crippen molar-refractivity contribution in [1.82, 2.24) is 10.2 Å². The summed E-state index contributed by atoms with van der Waals surface area (Å²) < 4.78 is 21.1. The minimum atomic E-state index is -0.674. The number of ether oxygens (including phenoxy) is 3. The van der Waals surface area contributed by atoms with Crippen LogP contribution in [0.25, 0.3) is 6.08 Å². The average Bonchev–Trinajstić information content (AvgIpc) is 3.49. The number of furan rings is 1. The molecule has 1 aliphatic heterocycles. The molecular weight excluding hydrogens is 494 g/mol. The molecule has 11 nitrogen and oxygen atoms in total. The summed E-state index contributed by atoms with van der Waals surface area (Å²) in [5.41, 5.74) is 2.08. The van der Waals surface area contributed by atoms with Crippen molar-refractivity contribution in [1.29, 1.82) is 0 Å². The quantitative estimate of drug-likeness (QED) is 0.249. The van der Waals surface area contributed by atoms with Gasteiger partial charge in [0.05, 0.1) is 20.8 Å². The largest absolute Gasteiger partial charge is 0.493 e. The lowest BCUT2D eigenvalue weighted by atomic mass is 10.1. The lowest BCUT2D eigenvalue weighted by Gasteiger charge is -2.14. The number of urea groups is 1. The first kappa shape index (κ1) is 26.0. The van der Waals surface area contributed by atoms with Gasteiger partial charge in [0.15, 0.2) is 18.1 Å². The van der Waals surface area contributed by atoms with Crippen LogP contribution in [-0.4, -0.2) is 49.5 Å². The van der Waals surface area contributed by atoms with Gasteiger partial charge in [-0.25, -0.2) is 9.59 Å². The summed E-state index contributed by atoms with van der Waals surface area (Å²) in [5.74, 6) is -0.948. The second-order valence-corrected chi connectivity index (χ2v) is 8.22. The van der Waals surface area contributed by atoms with Crippen LogP contribution in [0, 0.1) is 6.92 Å². The van der Waals surface area contributed by atoms with Gasteiger partial charge in [-0.15, -0.1) is 0 Å². The van der Waals surface area contributed by atoms with E-state index >= 15 is 0 Å². The third-order valence-electron chi connectivity index (χ3n) is 5.54. The molecule has 4 amide bonds. The molecule has 38 heavy (non-hydrogen) atoms. The van der Waals surface area contributed by atoms with E-state index in [0.29, 0.717) is 17.0 Å². The van der Waals surface area contributed by atoms with Gasteiger partial charge in [-0.05, 0) is 43.3 Å². The number of aryl methyl sites for hydroxylation is 1. The standard InChI is InChI=1S/C27H25N3O8/c1-16-7-9-18(10-8-16)28-23(31)15-37-24-17(5-4-6-21(24)35-2)13-20-25(32)30(27(34)29-20)14-19-11-12-22(38-19)26(33)36-3/h4-13H,14-15H2,1-3H3,(H,28,31)(H,29,34)/b20-13-. The van der Waals surface area contributed by atoms with Crippen molar-refractivity contribution in [3.05, 3.63) is 82.9 Å². The van der Waals surface area contributed by atoms with Gasteiger partial charge in [0.25, 0.3) is 11.8 Å². The van der Waals surface area contributed by atoms with E-state index in [0.717, 1.165) is 10.5 Å². The van der Waals surface area contributed by atoms with Gasteiger partial charge in [0.1, 0.15) is 11.5 Å². The van der Waals surface area contributed by atoms with E-state index in [1.54, 1.807) is 30.3 Å². The first-order valence-corrected chi connectivity index (χ1v) is 11.5. The van der Waals surface area contributed by atoms with Crippen molar-refractivity contribution >= 4 is 35.6 Å². The maximum atomic E-state index is 13.0. The Morgan fingerprint density at radius 2 is 1.82 bits per heavy atom. The molecule has 2 heterocycles. The van der Waals surface area contributed by atoms with Crippen molar-refractivity contribution in [2.75, 3.05) is 26.1 Å². The minimum Gasteiger partial charge on any atom is -0.493 e. The fraction of sp³-hybridized carbons (Fsp3) is 0.185. The maximum absolute atomic E-state index is 13.0. The summed E-state index contributed by atoms with van der Waals surface area (Å²) in [7, 11) is 2.66. The number of para-hydroxylation sites is 1. The number of hydrogen-bond acceptors (Lipinski definition) is 8. The van der Waals surface area contributed by atoms with Crippen LogP contribution in [-0.2, 0) is 20.9 Å². The molecule has 0 radical (unpaired) electrons. The van der Waals surface area contributed by atoms with Gasteiger partial charge in [-0.3, -0.25) is 14.5 Å². The first-order chi connectivity index (χ1) is 18.3. The number of anilines is 1. The van der Waals surface area contributed by atoms with Crippen molar-refractivity contribution in [3.8, 4) is 11.5 Å². The zero-order chi connectivity index (χ0) is 27.2. The number of amides is 4. The normalized spacial score (nSPS) is 13.9. The summed E-state index contributed by atoms with van der Waals surface area (Å²) in [4.78, 5) is 50.5. The predicted molar refractivity (Wildman–Crippen MR) is 135 cm³/mol. The number of imide groups is 1. The zero-order valence-electron chi connectivity index (χ0n) is 20.9. The summed E-state index contributed by atoms with van der Waals surface area (Å²) in [6, 6.07) is 14.5. The predicted octanol–water partition coefficient (Wildman–Crippen LogP) is 3.49. The van der Waals surface area contributed by atoms with Crippen LogP contribution in [0.1, 0.15) is 27.4 Å². The number of methoxy groups -OCH3 is 2. The molecule has 1 fully saturated rings. The van der Waals surface area contributed by atoms with Gasteiger partial charge in [-0.2, -0.15) is 0 Å². The Morgan fingerprint density at radius 3 is 2.53 bits per heavy atom. The van der Waals surface area contributed by atoms with Crippen molar-refractivity contribution in [3.63, 3.8) is 0 Å². The summed E-state index contributed by atoms with van der Waals surface area (Å²) in [6.07, 6.45) is 1.43. The van der Waals surface area contributed by atoms with Gasteiger partial charge < -0.3 is 29.3 Å². The lowest BCUT2D eigenvalue weighted by Crippen LogP contribution is -2.30. The lowest BCUT2D eigenvalue weighted by molar-refractivity contribution is -0.123. The Hall–Kier alpha value is -5.06. The SMILES string of the molecule is COC(=O)c1ccc(CN2C(=O)N/C(=C\c3cccc(OC)c3OCC(=O)Nc3ccc(C)cc3)C2=O)o1. The van der Waals surface area contributed by atoms with E-state index in [1.165, 1.54) is 32.4 Å². The number of benzene rings is 2. The fourth-order valence-corrected chi connectivity index (χ4v) is 3.63. The van der Waals surface area contributed by atoms with Crippen LogP contribution < -0.4 is 20.1 Å². The molecule has 0 atom stereocenters. The molecule has 1 aliphatic rings. The molecule has 196 valence electrons. The molecule has 11 heteroatoms. The summed E-state index contributed by atoms with van der Waals surface area (Å²) >= 11 is 0. The topological polar surface area (TPSA) is 136 Å². The number of carbonyl (C=O) groups excluding carboxylic acids is 4. The van der Waals surface area contributed by atoms with Crippen LogP contribution in [0.15, 0.2) is 64.7 Å². The first-order valence-electron chi connectivity index (χ1n) is 11.5. The monoisotopic (exact) mass is 519 g/mol. The summed E-state index contributed by atoms with van der Waals surface area (Å²) in [5, 5.41) is 5.27. The highest BCUT2D eigenvalue weighted by Gasteiger charge is 2.34. The molecular formula is C27H25N3O8. The molecule has 0 spiro atoms. The highest BCUT2D eigenvalue weighted by molar-refractivity contribution is 6.14. The molecule has 2 aromatic carbocycles. The van der Waals surface area contributed by atoms with Crippen molar-refractivity contribution < 1.29 is 37.8 Å². The molecule has 4 rings (SSSR count). The number of hydrogen-bond donors (Lipinski definition) is 2. The number of carbonyl (C=O) groups is 4. The molecule has 1 saturated heterocycles. The van der Waals surface area contributed by atoms with E-state index in [4.69, 9.17) is 13.9 Å². The Labute approximate surface area is 218 Å². The number of rotatable bonds is 9. The third-order valence-corrected chi connectivity index (χ3v) is 5.54. The van der Waals surface area contributed by atoms with Gasteiger partial charge in [-0.1, -0.05) is 29.8 Å².